The van der Waals surface area contributed by atoms with E-state index in [9.17, 15) is 0 Å². The van der Waals surface area contributed by atoms with Gasteiger partial charge in [-0.15, -0.1) is 0 Å². The van der Waals surface area contributed by atoms with Crippen LogP contribution in [0.25, 0.3) is 0 Å². The Balaban J connectivity index is 1.96. The van der Waals surface area contributed by atoms with Gasteiger partial charge in [-0.05, 0) is 19.1 Å². The van der Waals surface area contributed by atoms with E-state index in [0.29, 0.717) is 11.9 Å². The lowest BCUT2D eigenvalue weighted by Crippen LogP contribution is -2.07. The average Bonchev–Trinajstić information content (AvgIpc) is 2.77. The zero-order valence-corrected chi connectivity index (χ0v) is 12.1. The maximum Gasteiger partial charge on any atom is 0.141 e. The molecule has 96 valence electrons. The van der Waals surface area contributed by atoms with E-state index in [-0.39, 0.29) is 0 Å². The molecule has 0 fully saturated rings. The molecule has 18 heavy (non-hydrogen) atoms. The minimum absolute atomic E-state index is 0.607. The van der Waals surface area contributed by atoms with Crippen LogP contribution in [0.15, 0.2) is 24.5 Å². The standard InChI is InChI=1S/C13H16BrN3O/c1-10-3-4-12(11(9-14)16-10)18-8-5-13-15-6-7-17(13)2/h3-4,6-7H,5,8-9H2,1-2H3. The number of aromatic nitrogens is 3. The van der Waals surface area contributed by atoms with Crippen molar-refractivity contribution in [2.24, 2.45) is 7.05 Å². The van der Waals surface area contributed by atoms with Gasteiger partial charge in [0.05, 0.1) is 12.3 Å². The number of aryl methyl sites for hydroxylation is 2. The van der Waals surface area contributed by atoms with Crippen LogP contribution in [0.5, 0.6) is 5.75 Å². The summed E-state index contributed by atoms with van der Waals surface area (Å²) in [5, 5.41) is 0.701. The van der Waals surface area contributed by atoms with Crippen molar-refractivity contribution in [2.75, 3.05) is 6.61 Å². The third-order valence-corrected chi connectivity index (χ3v) is 3.23. The van der Waals surface area contributed by atoms with Gasteiger partial charge in [0.1, 0.15) is 11.6 Å². The molecule has 0 N–H and O–H groups in total. The van der Waals surface area contributed by atoms with Crippen LogP contribution >= 0.6 is 15.9 Å². The fourth-order valence-corrected chi connectivity index (χ4v) is 2.12. The van der Waals surface area contributed by atoms with Gasteiger partial charge in [0.25, 0.3) is 0 Å². The van der Waals surface area contributed by atoms with Gasteiger partial charge in [0.15, 0.2) is 0 Å². The first kappa shape index (κ1) is 13.1. The van der Waals surface area contributed by atoms with Crippen LogP contribution in [0.2, 0.25) is 0 Å². The monoisotopic (exact) mass is 309 g/mol. The van der Waals surface area contributed by atoms with Gasteiger partial charge in [0, 0.05) is 36.9 Å². The summed E-state index contributed by atoms with van der Waals surface area (Å²) in [6.45, 7) is 2.58. The lowest BCUT2D eigenvalue weighted by molar-refractivity contribution is 0.313. The van der Waals surface area contributed by atoms with Crippen molar-refractivity contribution in [1.82, 2.24) is 14.5 Å². The summed E-state index contributed by atoms with van der Waals surface area (Å²) in [5.41, 5.74) is 1.94. The molecule has 5 heteroatoms. The SMILES string of the molecule is Cc1ccc(OCCc2nccn2C)c(CBr)n1. The van der Waals surface area contributed by atoms with E-state index < -0.39 is 0 Å². The molecule has 2 aromatic heterocycles. The fraction of sp³-hybridized carbons (Fsp3) is 0.385. The van der Waals surface area contributed by atoms with E-state index in [4.69, 9.17) is 4.74 Å². The number of rotatable bonds is 5. The van der Waals surface area contributed by atoms with E-state index in [1.54, 1.807) is 6.20 Å². The quantitative estimate of drug-likeness (QED) is 0.797. The van der Waals surface area contributed by atoms with Crippen molar-refractivity contribution in [2.45, 2.75) is 18.7 Å². The van der Waals surface area contributed by atoms with Gasteiger partial charge in [-0.25, -0.2) is 4.98 Å². The molecule has 0 radical (unpaired) electrons. The largest absolute Gasteiger partial charge is 0.491 e. The number of ether oxygens (including phenoxy) is 1. The highest BCUT2D eigenvalue weighted by atomic mass is 79.9. The molecule has 2 rings (SSSR count). The van der Waals surface area contributed by atoms with Crippen molar-refractivity contribution in [3.05, 3.63) is 41.7 Å². The molecule has 0 saturated carbocycles. The van der Waals surface area contributed by atoms with Gasteiger partial charge in [-0.3, -0.25) is 4.98 Å². The molecule has 0 unspecified atom stereocenters. The molecule has 0 bridgehead atoms. The molecule has 0 amide bonds. The summed E-state index contributed by atoms with van der Waals surface area (Å²) in [7, 11) is 1.99. The third kappa shape index (κ3) is 3.10. The van der Waals surface area contributed by atoms with Crippen LogP contribution in [0.3, 0.4) is 0 Å². The minimum atomic E-state index is 0.607. The maximum atomic E-state index is 5.77. The van der Waals surface area contributed by atoms with Crippen LogP contribution < -0.4 is 4.74 Å². The smallest absolute Gasteiger partial charge is 0.141 e. The van der Waals surface area contributed by atoms with Crippen LogP contribution in [0, 0.1) is 6.92 Å². The summed E-state index contributed by atoms with van der Waals surface area (Å²) in [4.78, 5) is 8.69. The van der Waals surface area contributed by atoms with Gasteiger partial charge in [0.2, 0.25) is 0 Å². The van der Waals surface area contributed by atoms with Crippen LogP contribution in [0.4, 0.5) is 0 Å². The number of alkyl halides is 1. The van der Waals surface area contributed by atoms with Gasteiger partial charge in [-0.2, -0.15) is 0 Å². The van der Waals surface area contributed by atoms with E-state index in [1.165, 1.54) is 0 Å². The van der Waals surface area contributed by atoms with Crippen LogP contribution in [-0.4, -0.2) is 21.1 Å². The topological polar surface area (TPSA) is 39.9 Å². The summed E-state index contributed by atoms with van der Waals surface area (Å²) in [5.74, 6) is 1.86. The molecule has 2 aromatic rings. The van der Waals surface area contributed by atoms with Gasteiger partial charge < -0.3 is 9.30 Å². The van der Waals surface area contributed by atoms with Gasteiger partial charge >= 0.3 is 0 Å². The Kier molecular flexibility index (Phi) is 4.36. The van der Waals surface area contributed by atoms with Crippen molar-refractivity contribution in [1.29, 1.82) is 0 Å². The highest BCUT2D eigenvalue weighted by Crippen LogP contribution is 2.19. The lowest BCUT2D eigenvalue weighted by atomic mass is 10.3. The number of nitrogens with zero attached hydrogens (tertiary/aromatic N) is 3. The van der Waals surface area contributed by atoms with E-state index >= 15 is 0 Å². The molecular weight excluding hydrogens is 294 g/mol. The molecular formula is C13H16BrN3O. The van der Waals surface area contributed by atoms with E-state index in [1.807, 2.05) is 36.9 Å². The first-order chi connectivity index (χ1) is 8.70. The normalized spacial score (nSPS) is 10.6. The number of pyridine rings is 1. The number of halogens is 1. The Hall–Kier alpha value is -1.36. The molecule has 4 nitrogen and oxygen atoms in total. The highest BCUT2D eigenvalue weighted by molar-refractivity contribution is 9.08. The summed E-state index contributed by atoms with van der Waals surface area (Å²) in [6.07, 6.45) is 4.53. The maximum absolute atomic E-state index is 5.77. The van der Waals surface area contributed by atoms with Gasteiger partial charge in [-0.1, -0.05) is 15.9 Å². The Labute approximate surface area is 115 Å². The summed E-state index contributed by atoms with van der Waals surface area (Å²) in [6, 6.07) is 3.93. The molecule has 2 heterocycles. The molecule has 0 atom stereocenters. The zero-order chi connectivity index (χ0) is 13.0. The Morgan fingerprint density at radius 3 is 2.89 bits per heavy atom. The summed E-state index contributed by atoms with van der Waals surface area (Å²) < 4.78 is 7.77. The number of hydrogen-bond acceptors (Lipinski definition) is 3. The minimum Gasteiger partial charge on any atom is -0.491 e. The molecule has 0 aromatic carbocycles. The first-order valence-corrected chi connectivity index (χ1v) is 6.94. The molecule has 0 aliphatic heterocycles. The molecule has 0 saturated heterocycles. The number of imidazole rings is 1. The Bertz CT molecular complexity index is 525. The predicted octanol–water partition coefficient (Wildman–Crippen LogP) is 2.64. The van der Waals surface area contributed by atoms with Crippen molar-refractivity contribution >= 4 is 15.9 Å². The van der Waals surface area contributed by atoms with Crippen LogP contribution in [0.1, 0.15) is 17.2 Å². The average molecular weight is 310 g/mol. The van der Waals surface area contributed by atoms with Crippen molar-refractivity contribution < 1.29 is 4.74 Å². The first-order valence-electron chi connectivity index (χ1n) is 5.82. The van der Waals surface area contributed by atoms with Crippen molar-refractivity contribution in [3.8, 4) is 5.75 Å². The third-order valence-electron chi connectivity index (χ3n) is 2.70. The Morgan fingerprint density at radius 2 is 2.22 bits per heavy atom. The van der Waals surface area contributed by atoms with E-state index in [0.717, 1.165) is 29.4 Å². The fourth-order valence-electron chi connectivity index (χ4n) is 1.71. The second-order valence-electron chi connectivity index (χ2n) is 4.08. The second-order valence-corrected chi connectivity index (χ2v) is 4.64. The molecule has 0 spiro atoms. The highest BCUT2D eigenvalue weighted by Gasteiger charge is 2.05. The number of hydrogen-bond donors (Lipinski definition) is 0. The second kappa shape index (κ2) is 6.00. The van der Waals surface area contributed by atoms with E-state index in [2.05, 4.69) is 25.9 Å². The molecule has 0 aliphatic carbocycles. The lowest BCUT2D eigenvalue weighted by Gasteiger charge is -2.10. The van der Waals surface area contributed by atoms with Crippen molar-refractivity contribution in [3.63, 3.8) is 0 Å². The zero-order valence-electron chi connectivity index (χ0n) is 10.6. The molecule has 0 aliphatic rings. The van der Waals surface area contributed by atoms with Crippen LogP contribution in [-0.2, 0) is 18.8 Å². The Morgan fingerprint density at radius 1 is 1.39 bits per heavy atom. The summed E-state index contributed by atoms with van der Waals surface area (Å²) >= 11 is 3.43. The predicted molar refractivity (Wildman–Crippen MR) is 74.0 cm³/mol.